The lowest BCUT2D eigenvalue weighted by atomic mass is 9.92. The van der Waals surface area contributed by atoms with Crippen LogP contribution in [0.1, 0.15) is 50.3 Å². The maximum absolute atomic E-state index is 13.6. The maximum Gasteiger partial charge on any atom is 0.155 e. The first kappa shape index (κ1) is 24.7. The van der Waals surface area contributed by atoms with Crippen LogP contribution in [0.5, 0.6) is 0 Å². The number of halogens is 2. The number of nitrogens with zero attached hydrogens (tertiary/aromatic N) is 3. The van der Waals surface area contributed by atoms with Crippen molar-refractivity contribution < 1.29 is 13.6 Å². The molecule has 34 heavy (non-hydrogen) atoms. The first-order valence-corrected chi connectivity index (χ1v) is 12.3. The molecule has 2 aliphatic heterocycles. The average molecular weight is 468 g/mol. The van der Waals surface area contributed by atoms with Gasteiger partial charge in [-0.15, -0.1) is 0 Å². The summed E-state index contributed by atoms with van der Waals surface area (Å²) < 4.78 is 27.2. The fraction of sp³-hybridized carbons (Fsp3) is 0.464. The van der Waals surface area contributed by atoms with E-state index >= 15 is 0 Å². The predicted octanol–water partition coefficient (Wildman–Crippen LogP) is 5.02. The van der Waals surface area contributed by atoms with Gasteiger partial charge in [-0.2, -0.15) is 0 Å². The smallest absolute Gasteiger partial charge is 0.155 e. The number of carbonyl (C=O) groups excluding carboxylic acids is 1. The molecule has 0 saturated carbocycles. The molecule has 0 aliphatic carbocycles. The minimum atomic E-state index is -0.558. The summed E-state index contributed by atoms with van der Waals surface area (Å²) in [5.41, 5.74) is 2.66. The highest BCUT2D eigenvalue weighted by Gasteiger charge is 2.45. The van der Waals surface area contributed by atoms with Crippen molar-refractivity contribution in [1.29, 1.82) is 0 Å². The molecule has 0 amide bonds. The van der Waals surface area contributed by atoms with E-state index in [1.54, 1.807) is 0 Å². The fourth-order valence-corrected chi connectivity index (χ4v) is 5.42. The number of allylic oxidation sites excluding steroid dienone is 1. The van der Waals surface area contributed by atoms with E-state index in [0.29, 0.717) is 0 Å². The lowest BCUT2D eigenvalue weighted by molar-refractivity contribution is -0.142. The van der Waals surface area contributed by atoms with E-state index in [-0.39, 0.29) is 17.7 Å². The second-order valence-electron chi connectivity index (χ2n) is 9.71. The molecule has 2 heterocycles. The van der Waals surface area contributed by atoms with Gasteiger partial charge in [0.15, 0.2) is 6.29 Å². The predicted molar refractivity (Wildman–Crippen MR) is 131 cm³/mol. The van der Waals surface area contributed by atoms with Crippen LogP contribution in [0.2, 0.25) is 0 Å². The van der Waals surface area contributed by atoms with Crippen molar-refractivity contribution in [3.8, 4) is 0 Å². The summed E-state index contributed by atoms with van der Waals surface area (Å²) in [6, 6.07) is 13.1. The molecule has 2 aromatic carbocycles. The molecule has 2 fully saturated rings. The Morgan fingerprint density at radius 3 is 1.94 bits per heavy atom. The zero-order valence-corrected chi connectivity index (χ0v) is 20.2. The molecule has 0 bridgehead atoms. The molecule has 2 aliphatic rings. The monoisotopic (exact) mass is 467 g/mol. The Morgan fingerprint density at radius 1 is 0.882 bits per heavy atom. The Balaban J connectivity index is 1.55. The number of hydrogen-bond acceptors (Lipinski definition) is 4. The van der Waals surface area contributed by atoms with Crippen molar-refractivity contribution in [3.63, 3.8) is 0 Å². The van der Waals surface area contributed by atoms with Crippen LogP contribution >= 0.6 is 0 Å². The first-order valence-electron chi connectivity index (χ1n) is 12.3. The standard InChI is InChI=1S/C28H35F2N3O/c1-22(2)13-16-32-15-4-3-14-28(32,21-34)33-19-17-31(18-20-33)27(23-5-9-25(29)10-6-23)24-7-11-26(30)12-8-24/h5-13,21,27H,3-4,14-20H2,1-2H3/t28-/m0/s1. The van der Waals surface area contributed by atoms with E-state index in [4.69, 9.17) is 0 Å². The maximum atomic E-state index is 13.6. The average Bonchev–Trinajstić information content (AvgIpc) is 2.86. The zero-order valence-electron chi connectivity index (χ0n) is 20.2. The molecule has 0 unspecified atom stereocenters. The number of carbonyl (C=O) groups is 1. The van der Waals surface area contributed by atoms with Crippen LogP contribution in [0.3, 0.4) is 0 Å². The molecule has 182 valence electrons. The molecule has 0 spiro atoms. The van der Waals surface area contributed by atoms with Gasteiger partial charge in [0.25, 0.3) is 0 Å². The summed E-state index contributed by atoms with van der Waals surface area (Å²) >= 11 is 0. The van der Waals surface area contributed by atoms with E-state index in [0.717, 1.165) is 75.9 Å². The van der Waals surface area contributed by atoms with Crippen molar-refractivity contribution in [1.82, 2.24) is 14.7 Å². The van der Waals surface area contributed by atoms with E-state index in [1.807, 2.05) is 24.3 Å². The minimum absolute atomic E-state index is 0.0938. The Kier molecular flexibility index (Phi) is 7.91. The summed E-state index contributed by atoms with van der Waals surface area (Å²) in [5.74, 6) is -0.541. The van der Waals surface area contributed by atoms with Crippen LogP contribution in [-0.4, -0.2) is 65.9 Å². The summed E-state index contributed by atoms with van der Waals surface area (Å²) in [5, 5.41) is 0. The zero-order chi connectivity index (χ0) is 24.1. The van der Waals surface area contributed by atoms with Gasteiger partial charge in [-0.25, -0.2) is 8.78 Å². The Bertz CT molecular complexity index is 934. The van der Waals surface area contributed by atoms with Crippen LogP contribution in [-0.2, 0) is 4.79 Å². The number of likely N-dealkylation sites (tertiary alicyclic amines) is 1. The van der Waals surface area contributed by atoms with Gasteiger partial charge in [0.2, 0.25) is 0 Å². The highest BCUT2D eigenvalue weighted by atomic mass is 19.1. The second kappa shape index (κ2) is 10.9. The number of hydrogen-bond donors (Lipinski definition) is 0. The summed E-state index contributed by atoms with van der Waals surface area (Å²) in [6.45, 7) is 8.97. The lowest BCUT2D eigenvalue weighted by Gasteiger charge is -2.53. The molecule has 4 nitrogen and oxygen atoms in total. The molecule has 0 aromatic heterocycles. The Labute approximate surface area is 201 Å². The van der Waals surface area contributed by atoms with Gasteiger partial charge in [-0.05, 0) is 68.5 Å². The third-order valence-electron chi connectivity index (χ3n) is 7.28. The fourth-order valence-electron chi connectivity index (χ4n) is 5.42. The van der Waals surface area contributed by atoms with Gasteiger partial charge >= 0.3 is 0 Å². The number of piperazine rings is 1. The molecule has 2 aromatic rings. The number of rotatable bonds is 7. The minimum Gasteiger partial charge on any atom is -0.300 e. The molecular formula is C28H35F2N3O. The van der Waals surface area contributed by atoms with E-state index in [2.05, 4.69) is 34.6 Å². The van der Waals surface area contributed by atoms with Crippen LogP contribution < -0.4 is 0 Å². The summed E-state index contributed by atoms with van der Waals surface area (Å²) in [7, 11) is 0. The van der Waals surface area contributed by atoms with Gasteiger partial charge in [-0.3, -0.25) is 19.5 Å². The molecule has 2 saturated heterocycles. The number of aldehydes is 1. The third kappa shape index (κ3) is 5.29. The molecule has 0 N–H and O–H groups in total. The molecule has 0 radical (unpaired) electrons. The molecular weight excluding hydrogens is 432 g/mol. The van der Waals surface area contributed by atoms with Gasteiger partial charge < -0.3 is 0 Å². The SMILES string of the molecule is CC(C)=CCN1CCCC[C@@]1(C=O)N1CCN(C(c2ccc(F)cc2)c2ccc(F)cc2)CC1. The molecule has 4 rings (SSSR count). The van der Waals surface area contributed by atoms with E-state index in [9.17, 15) is 13.6 Å². The Hall–Kier alpha value is -2.41. The quantitative estimate of drug-likeness (QED) is 0.422. The number of piperidine rings is 1. The second-order valence-corrected chi connectivity index (χ2v) is 9.71. The van der Waals surface area contributed by atoms with Gasteiger partial charge in [0.1, 0.15) is 17.3 Å². The van der Waals surface area contributed by atoms with Gasteiger partial charge in [0.05, 0.1) is 6.04 Å². The van der Waals surface area contributed by atoms with Crippen molar-refractivity contribution >= 4 is 6.29 Å². The van der Waals surface area contributed by atoms with Crippen LogP contribution in [0.15, 0.2) is 60.2 Å². The van der Waals surface area contributed by atoms with Gasteiger partial charge in [-0.1, -0.05) is 35.9 Å². The van der Waals surface area contributed by atoms with Crippen molar-refractivity contribution in [2.75, 3.05) is 39.3 Å². The summed E-state index contributed by atoms with van der Waals surface area (Å²) in [4.78, 5) is 19.6. The van der Waals surface area contributed by atoms with Crippen molar-refractivity contribution in [3.05, 3.63) is 82.9 Å². The molecule has 1 atom stereocenters. The van der Waals surface area contributed by atoms with Gasteiger partial charge in [0, 0.05) is 39.3 Å². The normalized spacial score (nSPS) is 22.6. The largest absolute Gasteiger partial charge is 0.300 e. The topological polar surface area (TPSA) is 26.8 Å². The van der Waals surface area contributed by atoms with Crippen molar-refractivity contribution in [2.45, 2.75) is 44.8 Å². The molecule has 6 heteroatoms. The van der Waals surface area contributed by atoms with E-state index < -0.39 is 5.66 Å². The lowest BCUT2D eigenvalue weighted by Crippen LogP contribution is -2.67. The number of benzene rings is 2. The van der Waals surface area contributed by atoms with Crippen LogP contribution in [0.4, 0.5) is 8.78 Å². The van der Waals surface area contributed by atoms with Crippen LogP contribution in [0.25, 0.3) is 0 Å². The van der Waals surface area contributed by atoms with E-state index in [1.165, 1.54) is 29.8 Å². The Morgan fingerprint density at radius 2 is 1.44 bits per heavy atom. The van der Waals surface area contributed by atoms with Crippen LogP contribution in [0, 0.1) is 11.6 Å². The van der Waals surface area contributed by atoms with Crippen molar-refractivity contribution in [2.24, 2.45) is 0 Å². The highest BCUT2D eigenvalue weighted by Crippen LogP contribution is 2.34. The summed E-state index contributed by atoms with van der Waals surface area (Å²) in [6.07, 6.45) is 6.39. The first-order chi connectivity index (χ1) is 16.4. The third-order valence-corrected chi connectivity index (χ3v) is 7.28. The highest BCUT2D eigenvalue weighted by molar-refractivity contribution is 5.64.